The van der Waals surface area contributed by atoms with Crippen LogP contribution >= 0.6 is 0 Å². The van der Waals surface area contributed by atoms with Crippen LogP contribution in [0.15, 0.2) is 24.3 Å². The monoisotopic (exact) mass is 210 g/mol. The van der Waals surface area contributed by atoms with E-state index >= 15 is 0 Å². The number of sulfone groups is 1. The van der Waals surface area contributed by atoms with E-state index in [9.17, 15) is 8.42 Å². The Morgan fingerprint density at radius 2 is 1.79 bits per heavy atom. The van der Waals surface area contributed by atoms with E-state index in [1.54, 1.807) is 31.4 Å². The number of ether oxygens (including phenoxy) is 1. The van der Waals surface area contributed by atoms with Gasteiger partial charge < -0.3 is 4.74 Å². The average molecular weight is 210 g/mol. The SMILES string of the molecule is COc1ccc(C#CS(C)(=O)=O)cc1. The normalized spacial score (nSPS) is 10.1. The summed E-state index contributed by atoms with van der Waals surface area (Å²) < 4.78 is 26.4. The number of hydrogen-bond donors (Lipinski definition) is 0. The van der Waals surface area contributed by atoms with Crippen molar-refractivity contribution in [2.45, 2.75) is 0 Å². The lowest BCUT2D eigenvalue weighted by molar-refractivity contribution is 0.415. The van der Waals surface area contributed by atoms with E-state index in [1.807, 2.05) is 0 Å². The predicted molar refractivity (Wildman–Crippen MR) is 54.7 cm³/mol. The van der Waals surface area contributed by atoms with Gasteiger partial charge >= 0.3 is 0 Å². The van der Waals surface area contributed by atoms with E-state index in [4.69, 9.17) is 4.74 Å². The summed E-state index contributed by atoms with van der Waals surface area (Å²) in [6.45, 7) is 0. The summed E-state index contributed by atoms with van der Waals surface area (Å²) in [4.78, 5) is 0. The Morgan fingerprint density at radius 3 is 2.21 bits per heavy atom. The molecule has 0 aromatic heterocycles. The number of methoxy groups -OCH3 is 1. The van der Waals surface area contributed by atoms with Gasteiger partial charge in [-0.15, -0.1) is 0 Å². The topological polar surface area (TPSA) is 43.4 Å². The summed E-state index contributed by atoms with van der Waals surface area (Å²) in [6, 6.07) is 6.87. The first-order chi connectivity index (χ1) is 6.51. The van der Waals surface area contributed by atoms with Gasteiger partial charge in [-0.1, -0.05) is 5.92 Å². The standard InChI is InChI=1S/C10H10O3S/c1-13-10-5-3-9(4-6-10)7-8-14(2,11)12/h3-6H,1-2H3. The van der Waals surface area contributed by atoms with Crippen LogP contribution in [0.5, 0.6) is 5.75 Å². The third-order valence-electron chi connectivity index (χ3n) is 1.47. The Morgan fingerprint density at radius 1 is 1.21 bits per heavy atom. The van der Waals surface area contributed by atoms with E-state index in [1.165, 1.54) is 0 Å². The lowest BCUT2D eigenvalue weighted by Crippen LogP contribution is -1.89. The summed E-state index contributed by atoms with van der Waals surface area (Å²) in [5, 5.41) is 2.16. The van der Waals surface area contributed by atoms with Crippen molar-refractivity contribution in [3.63, 3.8) is 0 Å². The molecule has 3 nitrogen and oxygen atoms in total. The summed E-state index contributed by atoms with van der Waals surface area (Å²) in [7, 11) is -1.66. The minimum absolute atomic E-state index is 0.649. The van der Waals surface area contributed by atoms with Gasteiger partial charge in [-0.2, -0.15) is 0 Å². The molecule has 0 unspecified atom stereocenters. The van der Waals surface area contributed by atoms with Crippen LogP contribution in [-0.4, -0.2) is 21.8 Å². The maximum atomic E-state index is 10.7. The van der Waals surface area contributed by atoms with E-state index in [0.717, 1.165) is 12.0 Å². The number of hydrogen-bond acceptors (Lipinski definition) is 3. The van der Waals surface area contributed by atoms with Crippen LogP contribution in [-0.2, 0) is 9.84 Å². The van der Waals surface area contributed by atoms with Crippen molar-refractivity contribution < 1.29 is 13.2 Å². The van der Waals surface area contributed by atoms with Gasteiger partial charge in [0, 0.05) is 10.8 Å². The maximum absolute atomic E-state index is 10.7. The lowest BCUT2D eigenvalue weighted by atomic mass is 10.2. The number of rotatable bonds is 1. The van der Waals surface area contributed by atoms with Crippen LogP contribution in [0.25, 0.3) is 0 Å². The second kappa shape index (κ2) is 4.16. The fourth-order valence-corrected chi connectivity index (χ4v) is 1.13. The third kappa shape index (κ3) is 3.50. The van der Waals surface area contributed by atoms with Gasteiger partial charge in [0.15, 0.2) is 0 Å². The maximum Gasteiger partial charge on any atom is 0.214 e. The van der Waals surface area contributed by atoms with Gasteiger partial charge in [0.25, 0.3) is 0 Å². The molecule has 74 valence electrons. The van der Waals surface area contributed by atoms with E-state index in [0.29, 0.717) is 5.56 Å². The van der Waals surface area contributed by atoms with Crippen LogP contribution in [0, 0.1) is 11.2 Å². The van der Waals surface area contributed by atoms with Gasteiger partial charge in [-0.05, 0) is 24.3 Å². The zero-order valence-electron chi connectivity index (χ0n) is 7.94. The van der Waals surface area contributed by atoms with Gasteiger partial charge in [0.1, 0.15) is 5.75 Å². The summed E-state index contributed by atoms with van der Waals surface area (Å²) >= 11 is 0. The Kier molecular flexibility index (Phi) is 3.15. The van der Waals surface area contributed by atoms with E-state index in [-0.39, 0.29) is 0 Å². The largest absolute Gasteiger partial charge is 0.497 e. The molecule has 0 bridgehead atoms. The molecule has 4 heteroatoms. The fourth-order valence-electron chi connectivity index (χ4n) is 0.826. The lowest BCUT2D eigenvalue weighted by Gasteiger charge is -1.97. The molecule has 1 rings (SSSR count). The van der Waals surface area contributed by atoms with Crippen LogP contribution in [0.1, 0.15) is 5.56 Å². The first-order valence-corrected chi connectivity index (χ1v) is 5.77. The molecule has 0 spiro atoms. The van der Waals surface area contributed by atoms with Crippen LogP contribution in [0.2, 0.25) is 0 Å². The Bertz CT molecular complexity index is 460. The molecule has 0 saturated heterocycles. The molecule has 0 aliphatic heterocycles. The smallest absolute Gasteiger partial charge is 0.214 e. The molecular formula is C10H10O3S. The highest BCUT2D eigenvalue weighted by Gasteiger charge is 1.93. The molecule has 0 atom stereocenters. The second-order valence-corrected chi connectivity index (χ2v) is 4.48. The molecule has 0 fully saturated rings. The molecule has 0 aliphatic carbocycles. The first-order valence-electron chi connectivity index (χ1n) is 3.88. The summed E-state index contributed by atoms with van der Waals surface area (Å²) in [6.07, 6.45) is 1.07. The van der Waals surface area contributed by atoms with Gasteiger partial charge in [-0.25, -0.2) is 8.42 Å². The summed E-state index contributed by atoms with van der Waals surface area (Å²) in [5.74, 6) is 3.26. The number of benzene rings is 1. The summed E-state index contributed by atoms with van der Waals surface area (Å²) in [5.41, 5.74) is 0.649. The van der Waals surface area contributed by atoms with E-state index < -0.39 is 9.84 Å². The predicted octanol–water partition coefficient (Wildman–Crippen LogP) is 1.05. The molecule has 0 heterocycles. The zero-order chi connectivity index (χ0) is 10.6. The van der Waals surface area contributed by atoms with Crippen molar-refractivity contribution in [1.82, 2.24) is 0 Å². The van der Waals surface area contributed by atoms with Crippen LogP contribution < -0.4 is 4.74 Å². The van der Waals surface area contributed by atoms with Crippen molar-refractivity contribution >= 4 is 9.84 Å². The quantitative estimate of drug-likeness (QED) is 0.651. The molecule has 0 N–H and O–H groups in total. The Balaban J connectivity index is 2.93. The minimum atomic E-state index is -3.23. The second-order valence-electron chi connectivity index (χ2n) is 2.73. The van der Waals surface area contributed by atoms with Crippen molar-refractivity contribution in [3.05, 3.63) is 29.8 Å². The van der Waals surface area contributed by atoms with Gasteiger partial charge in [0.05, 0.1) is 13.4 Å². The van der Waals surface area contributed by atoms with Crippen molar-refractivity contribution in [3.8, 4) is 16.9 Å². The van der Waals surface area contributed by atoms with Crippen molar-refractivity contribution in [2.24, 2.45) is 0 Å². The molecule has 0 saturated carbocycles. The third-order valence-corrected chi connectivity index (χ3v) is 1.94. The Labute approximate surface area is 83.6 Å². The molecular weight excluding hydrogens is 200 g/mol. The van der Waals surface area contributed by atoms with Crippen molar-refractivity contribution in [1.29, 1.82) is 0 Å². The highest BCUT2D eigenvalue weighted by atomic mass is 32.2. The van der Waals surface area contributed by atoms with E-state index in [2.05, 4.69) is 11.2 Å². The zero-order valence-corrected chi connectivity index (χ0v) is 8.76. The fraction of sp³-hybridized carbons (Fsp3) is 0.200. The Hall–Kier alpha value is -1.47. The first kappa shape index (κ1) is 10.6. The molecule has 0 amide bonds. The molecule has 14 heavy (non-hydrogen) atoms. The highest BCUT2D eigenvalue weighted by molar-refractivity contribution is 7.95. The molecule has 1 aromatic rings. The van der Waals surface area contributed by atoms with Gasteiger partial charge in [-0.3, -0.25) is 0 Å². The minimum Gasteiger partial charge on any atom is -0.497 e. The average Bonchev–Trinajstić information content (AvgIpc) is 2.14. The van der Waals surface area contributed by atoms with Gasteiger partial charge in [0.2, 0.25) is 9.84 Å². The van der Waals surface area contributed by atoms with Crippen molar-refractivity contribution in [2.75, 3.05) is 13.4 Å². The molecule has 0 aliphatic rings. The molecule has 0 radical (unpaired) electrons. The van der Waals surface area contributed by atoms with Crippen LogP contribution in [0.4, 0.5) is 0 Å². The highest BCUT2D eigenvalue weighted by Crippen LogP contribution is 2.10. The molecule has 1 aromatic carbocycles. The van der Waals surface area contributed by atoms with Crippen LogP contribution in [0.3, 0.4) is 0 Å².